The van der Waals surface area contributed by atoms with Crippen LogP contribution in [0.4, 0.5) is 4.39 Å². The van der Waals surface area contributed by atoms with E-state index in [0.717, 1.165) is 0 Å². The van der Waals surface area contributed by atoms with Crippen LogP contribution in [-0.4, -0.2) is 10.1 Å². The van der Waals surface area contributed by atoms with E-state index in [9.17, 15) is 4.39 Å². The number of hydrogen-bond acceptors (Lipinski definition) is 3. The van der Waals surface area contributed by atoms with Crippen molar-refractivity contribution < 1.29 is 13.9 Å². The van der Waals surface area contributed by atoms with Crippen molar-refractivity contribution >= 4 is 38.6 Å². The first kappa shape index (κ1) is 13.5. The maximum atomic E-state index is 14.0. The van der Waals surface area contributed by atoms with Crippen molar-refractivity contribution in [2.45, 2.75) is 6.61 Å². The molecule has 0 radical (unpaired) electrons. The van der Waals surface area contributed by atoms with Crippen LogP contribution < -0.4 is 0 Å². The Morgan fingerprint density at radius 2 is 2.15 bits per heavy atom. The van der Waals surface area contributed by atoms with E-state index in [2.05, 4.69) is 20.9 Å². The Bertz CT molecular complexity index is 803. The second-order valence-corrected chi connectivity index (χ2v) is 5.47. The molecular weight excluding hydrogens is 349 g/mol. The maximum absolute atomic E-state index is 14.0. The molecule has 2 aromatic carbocycles. The van der Waals surface area contributed by atoms with Gasteiger partial charge in [-0.05, 0) is 45.8 Å². The van der Waals surface area contributed by atoms with E-state index in [1.165, 1.54) is 0 Å². The van der Waals surface area contributed by atoms with Crippen molar-refractivity contribution in [3.05, 3.63) is 51.2 Å². The zero-order chi connectivity index (χ0) is 14.3. The molecule has 0 aliphatic rings. The summed E-state index contributed by atoms with van der Waals surface area (Å²) in [5, 5.41) is 9.48. The number of nitrogens with zero attached hydrogens (tertiary/aromatic N) is 1. The average Bonchev–Trinajstić information content (AvgIpc) is 2.86. The lowest BCUT2D eigenvalue weighted by atomic mass is 10.2. The number of aromatic nitrogens is 1. The second kappa shape index (κ2) is 5.16. The minimum Gasteiger partial charge on any atom is -0.434 e. The number of benzene rings is 2. The van der Waals surface area contributed by atoms with Crippen LogP contribution in [0.25, 0.3) is 22.6 Å². The Balaban J connectivity index is 2.23. The normalized spacial score (nSPS) is 11.2. The van der Waals surface area contributed by atoms with E-state index in [-0.39, 0.29) is 18.1 Å². The molecule has 1 heterocycles. The summed E-state index contributed by atoms with van der Waals surface area (Å²) in [6.45, 7) is -0.150. The molecule has 0 spiro atoms. The molecule has 0 unspecified atom stereocenters. The summed E-state index contributed by atoms with van der Waals surface area (Å²) in [6.07, 6.45) is 0. The van der Waals surface area contributed by atoms with Gasteiger partial charge in [-0.3, -0.25) is 0 Å². The predicted octanol–water partition coefficient (Wildman–Crippen LogP) is 4.54. The topological polar surface area (TPSA) is 46.3 Å². The van der Waals surface area contributed by atoms with Gasteiger partial charge in [0, 0.05) is 0 Å². The van der Waals surface area contributed by atoms with Crippen molar-refractivity contribution in [1.82, 2.24) is 4.98 Å². The van der Waals surface area contributed by atoms with Crippen molar-refractivity contribution in [1.29, 1.82) is 0 Å². The number of rotatable bonds is 2. The van der Waals surface area contributed by atoms with E-state index >= 15 is 0 Å². The van der Waals surface area contributed by atoms with Gasteiger partial charge in [0.2, 0.25) is 5.89 Å². The lowest BCUT2D eigenvalue weighted by Gasteiger charge is -1.99. The molecule has 1 aromatic heterocycles. The summed E-state index contributed by atoms with van der Waals surface area (Å²) >= 11 is 9.19. The summed E-state index contributed by atoms with van der Waals surface area (Å²) < 4.78 is 19.9. The maximum Gasteiger partial charge on any atom is 0.230 e. The number of oxazole rings is 1. The Morgan fingerprint density at radius 3 is 2.90 bits per heavy atom. The number of halogens is 3. The fourth-order valence-electron chi connectivity index (χ4n) is 1.92. The molecule has 1 N–H and O–H groups in total. The molecule has 102 valence electrons. The molecular formula is C14H8BrClFNO2. The molecule has 3 aromatic rings. The minimum absolute atomic E-state index is 0.149. The van der Waals surface area contributed by atoms with Crippen LogP contribution in [0.1, 0.15) is 5.56 Å². The summed E-state index contributed by atoms with van der Waals surface area (Å²) in [7, 11) is 0. The highest BCUT2D eigenvalue weighted by Gasteiger charge is 2.16. The van der Waals surface area contributed by atoms with Crippen molar-refractivity contribution in [2.24, 2.45) is 0 Å². The number of aliphatic hydroxyl groups excluding tert-OH is 1. The van der Waals surface area contributed by atoms with Crippen LogP contribution >= 0.6 is 27.5 Å². The van der Waals surface area contributed by atoms with Gasteiger partial charge in [0.1, 0.15) is 11.3 Å². The molecule has 0 aliphatic heterocycles. The molecule has 0 saturated heterocycles. The molecule has 20 heavy (non-hydrogen) atoms. The molecule has 0 aliphatic carbocycles. The van der Waals surface area contributed by atoms with E-state index in [4.69, 9.17) is 21.1 Å². The molecule has 0 atom stereocenters. The van der Waals surface area contributed by atoms with Crippen LogP contribution in [0.3, 0.4) is 0 Å². The lowest BCUT2D eigenvalue weighted by Crippen LogP contribution is -1.85. The Hall–Kier alpha value is -1.43. The van der Waals surface area contributed by atoms with Crippen LogP contribution in [0.15, 0.2) is 39.2 Å². The first-order valence-corrected chi connectivity index (χ1v) is 6.91. The molecule has 0 fully saturated rings. The van der Waals surface area contributed by atoms with Gasteiger partial charge in [0.25, 0.3) is 0 Å². The van der Waals surface area contributed by atoms with E-state index in [1.807, 2.05) is 0 Å². The predicted molar refractivity (Wildman–Crippen MR) is 78.0 cm³/mol. The van der Waals surface area contributed by atoms with Gasteiger partial charge in [-0.2, -0.15) is 0 Å². The zero-order valence-corrected chi connectivity index (χ0v) is 12.4. The van der Waals surface area contributed by atoms with Gasteiger partial charge in [0.05, 0.1) is 21.7 Å². The SMILES string of the molecule is OCc1cc(Cl)c2oc(-c3cccc(Br)c3F)nc2c1. The monoisotopic (exact) mass is 355 g/mol. The standard InChI is InChI=1S/C14H8BrClFNO2/c15-9-3-1-2-8(12(9)17)14-18-11-5-7(6-19)4-10(16)13(11)20-14/h1-5,19H,6H2. The quantitative estimate of drug-likeness (QED) is 0.733. The lowest BCUT2D eigenvalue weighted by molar-refractivity contribution is 0.282. The summed E-state index contributed by atoms with van der Waals surface area (Å²) in [4.78, 5) is 4.23. The van der Waals surface area contributed by atoms with Crippen LogP contribution in [-0.2, 0) is 6.61 Å². The van der Waals surface area contributed by atoms with Gasteiger partial charge in [-0.1, -0.05) is 17.7 Å². The molecule has 3 nitrogen and oxygen atoms in total. The molecule has 0 amide bonds. The van der Waals surface area contributed by atoms with Crippen LogP contribution in [0.5, 0.6) is 0 Å². The fraction of sp³-hybridized carbons (Fsp3) is 0.0714. The van der Waals surface area contributed by atoms with Crippen LogP contribution in [0, 0.1) is 5.82 Å². The van der Waals surface area contributed by atoms with Gasteiger partial charge in [-0.15, -0.1) is 0 Å². The number of aliphatic hydroxyl groups is 1. The first-order valence-electron chi connectivity index (χ1n) is 5.74. The Morgan fingerprint density at radius 1 is 1.35 bits per heavy atom. The molecule has 3 rings (SSSR count). The second-order valence-electron chi connectivity index (χ2n) is 4.20. The third-order valence-corrected chi connectivity index (χ3v) is 3.76. The molecule has 0 bridgehead atoms. The molecule has 6 heteroatoms. The van der Waals surface area contributed by atoms with Crippen molar-refractivity contribution in [3.63, 3.8) is 0 Å². The van der Waals surface area contributed by atoms with E-state index in [0.29, 0.717) is 26.2 Å². The molecule has 0 saturated carbocycles. The Kier molecular flexibility index (Phi) is 3.50. The third-order valence-electron chi connectivity index (χ3n) is 2.87. The van der Waals surface area contributed by atoms with Gasteiger partial charge >= 0.3 is 0 Å². The summed E-state index contributed by atoms with van der Waals surface area (Å²) in [6, 6.07) is 8.11. The number of fused-ring (bicyclic) bond motifs is 1. The fourth-order valence-corrected chi connectivity index (χ4v) is 2.56. The third kappa shape index (κ3) is 2.22. The minimum atomic E-state index is -0.447. The largest absolute Gasteiger partial charge is 0.434 e. The average molecular weight is 357 g/mol. The smallest absolute Gasteiger partial charge is 0.230 e. The highest BCUT2D eigenvalue weighted by atomic mass is 79.9. The van der Waals surface area contributed by atoms with E-state index in [1.54, 1.807) is 30.3 Å². The highest BCUT2D eigenvalue weighted by Crippen LogP contribution is 2.33. The summed E-state index contributed by atoms with van der Waals surface area (Å²) in [5.74, 6) is -0.298. The van der Waals surface area contributed by atoms with Gasteiger partial charge < -0.3 is 9.52 Å². The van der Waals surface area contributed by atoms with Gasteiger partial charge in [-0.25, -0.2) is 9.37 Å². The zero-order valence-electron chi connectivity index (χ0n) is 10.0. The number of hydrogen-bond donors (Lipinski definition) is 1. The van der Waals surface area contributed by atoms with E-state index < -0.39 is 5.82 Å². The van der Waals surface area contributed by atoms with Crippen LogP contribution in [0.2, 0.25) is 5.02 Å². The first-order chi connectivity index (χ1) is 9.60. The highest BCUT2D eigenvalue weighted by molar-refractivity contribution is 9.10. The van der Waals surface area contributed by atoms with Gasteiger partial charge in [0.15, 0.2) is 5.58 Å². The van der Waals surface area contributed by atoms with Crippen molar-refractivity contribution in [3.8, 4) is 11.5 Å². The van der Waals surface area contributed by atoms with Crippen molar-refractivity contribution in [2.75, 3.05) is 0 Å². The Labute approximate surface area is 127 Å². The summed E-state index contributed by atoms with van der Waals surface area (Å²) in [5.41, 5.74) is 1.73.